The maximum atomic E-state index is 3.94. The van der Waals surface area contributed by atoms with E-state index in [0.29, 0.717) is 11.3 Å². The number of rotatable bonds is 4. The molecule has 0 N–H and O–H groups in total. The molecule has 12 heavy (non-hydrogen) atoms. The molecule has 0 aromatic heterocycles. The lowest BCUT2D eigenvalue weighted by molar-refractivity contribution is 0.295. The van der Waals surface area contributed by atoms with E-state index in [-0.39, 0.29) is 0 Å². The molecule has 68 valence electrons. The molecule has 0 aliphatic heterocycles. The zero-order valence-electron chi connectivity index (χ0n) is 8.61. The maximum absolute atomic E-state index is 3.94. The average molecular weight is 164 g/mol. The average Bonchev–Trinajstić information content (AvgIpc) is 2.03. The van der Waals surface area contributed by atoms with Crippen LogP contribution in [0.1, 0.15) is 40.0 Å². The van der Waals surface area contributed by atoms with Crippen molar-refractivity contribution in [2.24, 2.45) is 11.3 Å². The van der Waals surface area contributed by atoms with Crippen LogP contribution < -0.4 is 0 Å². The van der Waals surface area contributed by atoms with E-state index in [4.69, 9.17) is 0 Å². The van der Waals surface area contributed by atoms with Gasteiger partial charge in [0.15, 0.2) is 0 Å². The van der Waals surface area contributed by atoms with Gasteiger partial charge in [0, 0.05) is 12.8 Å². The first kappa shape index (κ1) is 11.6. The minimum atomic E-state index is 0.324. The van der Waals surface area contributed by atoms with E-state index in [1.54, 1.807) is 0 Å². The zero-order valence-corrected chi connectivity index (χ0v) is 8.61. The van der Waals surface area contributed by atoms with Gasteiger partial charge in [-0.05, 0) is 24.7 Å². The molecule has 0 spiro atoms. The molecule has 0 aliphatic carbocycles. The van der Waals surface area contributed by atoms with Crippen molar-refractivity contribution in [2.75, 3.05) is 0 Å². The largest absolute Gasteiger partial charge is 0.102 e. The maximum Gasteiger partial charge on any atom is 0.0205 e. The Kier molecular flexibility index (Phi) is 5.06. The van der Waals surface area contributed by atoms with Crippen LogP contribution in [0.15, 0.2) is 0 Å². The van der Waals surface area contributed by atoms with E-state index in [2.05, 4.69) is 46.5 Å². The van der Waals surface area contributed by atoms with Crippen LogP contribution in [0.2, 0.25) is 0 Å². The summed E-state index contributed by atoms with van der Waals surface area (Å²) in [6.07, 6.45) is 3.23. The third-order valence-corrected chi connectivity index (χ3v) is 2.27. The Morgan fingerprint density at radius 3 is 2.33 bits per heavy atom. The molecule has 0 rings (SSSR count). The van der Waals surface area contributed by atoms with Gasteiger partial charge in [-0.1, -0.05) is 33.6 Å². The lowest BCUT2D eigenvalue weighted by atomic mass is 9.80. The van der Waals surface area contributed by atoms with Crippen LogP contribution in [0.25, 0.3) is 0 Å². The quantitative estimate of drug-likeness (QED) is 0.558. The summed E-state index contributed by atoms with van der Waals surface area (Å²) in [5, 5.41) is 0. The van der Waals surface area contributed by atoms with Gasteiger partial charge < -0.3 is 0 Å². The standard InChI is InChI=1S/C12H20/c1-6-9-11(7-2)10-12(4,5)8-3/h11H,1,3,7-8,10H2,2,4-5H3. The third-order valence-electron chi connectivity index (χ3n) is 2.27. The molecular formula is C12H20. The predicted molar refractivity (Wildman–Crippen MR) is 55.3 cm³/mol. The Morgan fingerprint density at radius 1 is 1.42 bits per heavy atom. The summed E-state index contributed by atoms with van der Waals surface area (Å²) in [6, 6.07) is 0. The first-order valence-corrected chi connectivity index (χ1v) is 4.62. The molecule has 1 unspecified atom stereocenters. The van der Waals surface area contributed by atoms with E-state index >= 15 is 0 Å². The van der Waals surface area contributed by atoms with Crippen LogP contribution in [0, 0.1) is 37.0 Å². The highest BCUT2D eigenvalue weighted by molar-refractivity contribution is 5.06. The Bertz CT molecular complexity index is 166. The predicted octanol–water partition coefficient (Wildman–Crippen LogP) is 3.49. The fraction of sp³-hybridized carbons (Fsp3) is 0.667. The van der Waals surface area contributed by atoms with E-state index < -0.39 is 0 Å². The Hall–Kier alpha value is -0.440. The van der Waals surface area contributed by atoms with Crippen molar-refractivity contribution in [3.8, 4) is 11.8 Å². The number of hydrogen-bond donors (Lipinski definition) is 0. The van der Waals surface area contributed by atoms with Crippen molar-refractivity contribution >= 4 is 0 Å². The number of hydrogen-bond acceptors (Lipinski definition) is 0. The molecule has 0 bridgehead atoms. The fourth-order valence-corrected chi connectivity index (χ4v) is 1.21. The summed E-state index contributed by atoms with van der Waals surface area (Å²) in [4.78, 5) is 0. The van der Waals surface area contributed by atoms with Crippen molar-refractivity contribution in [3.63, 3.8) is 0 Å². The van der Waals surface area contributed by atoms with Crippen molar-refractivity contribution in [2.45, 2.75) is 40.0 Å². The lowest BCUT2D eigenvalue weighted by Gasteiger charge is -2.25. The smallest absolute Gasteiger partial charge is 0.0205 e. The zero-order chi connectivity index (χ0) is 9.61. The van der Waals surface area contributed by atoms with Gasteiger partial charge in [0.2, 0.25) is 0 Å². The van der Waals surface area contributed by atoms with Gasteiger partial charge in [0.25, 0.3) is 0 Å². The molecule has 0 heterocycles. The summed E-state index contributed by atoms with van der Waals surface area (Å²) in [7, 11) is 0. The lowest BCUT2D eigenvalue weighted by Crippen LogP contribution is -2.14. The van der Waals surface area contributed by atoms with Gasteiger partial charge in [-0.25, -0.2) is 0 Å². The second-order valence-electron chi connectivity index (χ2n) is 4.04. The van der Waals surface area contributed by atoms with Crippen LogP contribution in [0.4, 0.5) is 0 Å². The molecule has 0 aromatic carbocycles. The Balaban J connectivity index is 4.07. The SMILES string of the molecule is [CH2]C#CC(CC)CC(C)(C)C[CH2]. The van der Waals surface area contributed by atoms with Gasteiger partial charge in [-0.2, -0.15) is 0 Å². The second kappa shape index (κ2) is 5.25. The molecule has 0 amide bonds. The van der Waals surface area contributed by atoms with Crippen molar-refractivity contribution < 1.29 is 0 Å². The molecule has 0 aliphatic rings. The molecule has 0 heteroatoms. The first-order valence-electron chi connectivity index (χ1n) is 4.62. The Morgan fingerprint density at radius 2 is 2.00 bits per heavy atom. The third kappa shape index (κ3) is 4.44. The molecule has 0 aromatic rings. The second-order valence-corrected chi connectivity index (χ2v) is 4.04. The van der Waals surface area contributed by atoms with Crippen LogP contribution in [0.5, 0.6) is 0 Å². The Labute approximate surface area is 77.8 Å². The summed E-state index contributed by atoms with van der Waals surface area (Å²) in [5.74, 6) is 6.38. The van der Waals surface area contributed by atoms with Crippen molar-refractivity contribution in [1.29, 1.82) is 0 Å². The molecule has 0 saturated carbocycles. The van der Waals surface area contributed by atoms with Gasteiger partial charge >= 0.3 is 0 Å². The van der Waals surface area contributed by atoms with E-state index in [1.807, 2.05) is 0 Å². The molecule has 0 saturated heterocycles. The van der Waals surface area contributed by atoms with Gasteiger partial charge in [0.05, 0.1) is 0 Å². The minimum Gasteiger partial charge on any atom is -0.102 e. The summed E-state index contributed by atoms with van der Waals surface area (Å²) >= 11 is 0. The highest BCUT2D eigenvalue weighted by Crippen LogP contribution is 2.29. The molecule has 2 radical (unpaired) electrons. The highest BCUT2D eigenvalue weighted by atomic mass is 14.2. The van der Waals surface area contributed by atoms with Crippen molar-refractivity contribution in [1.82, 2.24) is 0 Å². The molecule has 1 atom stereocenters. The van der Waals surface area contributed by atoms with Gasteiger partial charge in [0.1, 0.15) is 0 Å². The molecule has 0 fully saturated rings. The van der Waals surface area contributed by atoms with Crippen LogP contribution >= 0.6 is 0 Å². The van der Waals surface area contributed by atoms with E-state index in [9.17, 15) is 0 Å². The first-order chi connectivity index (χ1) is 5.55. The van der Waals surface area contributed by atoms with Gasteiger partial charge in [-0.3, -0.25) is 0 Å². The van der Waals surface area contributed by atoms with Crippen LogP contribution in [-0.4, -0.2) is 0 Å². The van der Waals surface area contributed by atoms with Crippen LogP contribution in [0.3, 0.4) is 0 Å². The van der Waals surface area contributed by atoms with E-state index in [0.717, 1.165) is 19.3 Å². The monoisotopic (exact) mass is 164 g/mol. The topological polar surface area (TPSA) is 0 Å². The summed E-state index contributed by atoms with van der Waals surface area (Å²) in [5.41, 5.74) is 0.324. The minimum absolute atomic E-state index is 0.324. The molecular weight excluding hydrogens is 144 g/mol. The van der Waals surface area contributed by atoms with E-state index in [1.165, 1.54) is 0 Å². The summed E-state index contributed by atoms with van der Waals surface area (Å²) in [6.45, 7) is 14.2. The summed E-state index contributed by atoms with van der Waals surface area (Å²) < 4.78 is 0. The van der Waals surface area contributed by atoms with Crippen LogP contribution in [-0.2, 0) is 0 Å². The highest BCUT2D eigenvalue weighted by Gasteiger charge is 2.18. The molecule has 0 nitrogen and oxygen atoms in total. The van der Waals surface area contributed by atoms with Gasteiger partial charge in [-0.15, -0.1) is 5.92 Å². The normalized spacial score (nSPS) is 13.4. The fourth-order valence-electron chi connectivity index (χ4n) is 1.21. The van der Waals surface area contributed by atoms with Crippen molar-refractivity contribution in [3.05, 3.63) is 13.8 Å².